The first-order valence-electron chi connectivity index (χ1n) is 11.3. The molecule has 5 heteroatoms. The summed E-state index contributed by atoms with van der Waals surface area (Å²) in [7, 11) is 3.45. The molecule has 3 aromatic rings. The van der Waals surface area contributed by atoms with Crippen LogP contribution in [-0.4, -0.2) is 51.8 Å². The van der Waals surface area contributed by atoms with Crippen LogP contribution in [0, 0.1) is 0 Å². The van der Waals surface area contributed by atoms with Crippen LogP contribution in [0.4, 0.5) is 5.69 Å². The maximum atomic E-state index is 6.13. The van der Waals surface area contributed by atoms with E-state index in [1.807, 2.05) is 18.2 Å². The molecule has 0 aliphatic carbocycles. The largest absolute Gasteiger partial charge is 0.495 e. The Balaban J connectivity index is 1.30. The minimum Gasteiger partial charge on any atom is -0.495 e. The van der Waals surface area contributed by atoms with Gasteiger partial charge < -0.3 is 19.1 Å². The summed E-state index contributed by atoms with van der Waals surface area (Å²) in [4.78, 5) is 4.98. The number of hydrogen-bond acceptors (Lipinski definition) is 5. The van der Waals surface area contributed by atoms with Crippen LogP contribution >= 0.6 is 0 Å². The molecule has 5 rings (SSSR count). The Morgan fingerprint density at radius 2 is 1.56 bits per heavy atom. The van der Waals surface area contributed by atoms with Gasteiger partial charge in [0.2, 0.25) is 0 Å². The van der Waals surface area contributed by atoms with E-state index in [-0.39, 0.29) is 0 Å². The summed E-state index contributed by atoms with van der Waals surface area (Å²) in [6.45, 7) is 5.72. The lowest BCUT2D eigenvalue weighted by molar-refractivity contribution is 0.259. The highest BCUT2D eigenvalue weighted by molar-refractivity contribution is 5.81. The molecule has 2 aliphatic heterocycles. The molecule has 0 unspecified atom stereocenters. The minimum absolute atomic E-state index is 0.591. The van der Waals surface area contributed by atoms with Crippen molar-refractivity contribution in [3.63, 3.8) is 0 Å². The van der Waals surface area contributed by atoms with E-state index in [1.165, 1.54) is 27.9 Å². The Bertz CT molecular complexity index is 1090. The first-order chi connectivity index (χ1) is 15.8. The first kappa shape index (κ1) is 20.7. The van der Waals surface area contributed by atoms with Crippen molar-refractivity contribution >= 4 is 5.69 Å². The number of nitrogens with zero attached hydrogens (tertiary/aromatic N) is 2. The lowest BCUT2D eigenvalue weighted by Crippen LogP contribution is -2.47. The monoisotopic (exact) mass is 430 g/mol. The van der Waals surface area contributed by atoms with E-state index in [0.29, 0.717) is 6.61 Å². The maximum absolute atomic E-state index is 6.13. The van der Waals surface area contributed by atoms with Crippen molar-refractivity contribution in [3.8, 4) is 28.4 Å². The Labute approximate surface area is 190 Å². The number of methoxy groups -OCH3 is 2. The van der Waals surface area contributed by atoms with Crippen molar-refractivity contribution in [1.29, 1.82) is 0 Å². The van der Waals surface area contributed by atoms with Crippen LogP contribution in [0.1, 0.15) is 11.1 Å². The zero-order valence-electron chi connectivity index (χ0n) is 18.8. The molecule has 0 atom stereocenters. The second-order valence-corrected chi connectivity index (χ2v) is 8.33. The van der Waals surface area contributed by atoms with Crippen LogP contribution in [0.3, 0.4) is 0 Å². The molecule has 3 aromatic carbocycles. The van der Waals surface area contributed by atoms with Gasteiger partial charge in [0.25, 0.3) is 0 Å². The number of rotatable bonds is 6. The van der Waals surface area contributed by atoms with Crippen LogP contribution in [0.25, 0.3) is 11.1 Å². The molecule has 0 saturated carbocycles. The van der Waals surface area contributed by atoms with Gasteiger partial charge in [-0.2, -0.15) is 0 Å². The molecule has 0 amide bonds. The Hall–Kier alpha value is -3.18. The quantitative estimate of drug-likeness (QED) is 0.570. The van der Waals surface area contributed by atoms with Gasteiger partial charge in [0, 0.05) is 38.3 Å². The van der Waals surface area contributed by atoms with Crippen molar-refractivity contribution < 1.29 is 14.2 Å². The van der Waals surface area contributed by atoms with E-state index in [4.69, 9.17) is 14.2 Å². The van der Waals surface area contributed by atoms with Crippen LogP contribution in [0.2, 0.25) is 0 Å². The summed E-state index contributed by atoms with van der Waals surface area (Å²) < 4.78 is 17.3. The molecule has 5 nitrogen and oxygen atoms in total. The lowest BCUT2D eigenvalue weighted by atomic mass is 9.91. The van der Waals surface area contributed by atoms with Gasteiger partial charge in [-0.05, 0) is 41.3 Å². The van der Waals surface area contributed by atoms with E-state index < -0.39 is 0 Å². The molecule has 0 radical (unpaired) electrons. The van der Waals surface area contributed by atoms with Crippen molar-refractivity contribution in [1.82, 2.24) is 4.90 Å². The van der Waals surface area contributed by atoms with Gasteiger partial charge >= 0.3 is 0 Å². The van der Waals surface area contributed by atoms with Crippen molar-refractivity contribution in [2.75, 3.05) is 51.8 Å². The molecule has 2 aliphatic rings. The van der Waals surface area contributed by atoms with E-state index in [1.54, 1.807) is 14.2 Å². The Morgan fingerprint density at radius 1 is 0.812 bits per heavy atom. The third-order valence-corrected chi connectivity index (χ3v) is 6.58. The molecule has 0 aromatic heterocycles. The number of para-hydroxylation sites is 2. The molecule has 0 N–H and O–H groups in total. The van der Waals surface area contributed by atoms with Gasteiger partial charge in [-0.25, -0.2) is 0 Å². The highest BCUT2D eigenvalue weighted by atomic mass is 16.5. The second kappa shape index (κ2) is 9.13. The summed E-state index contributed by atoms with van der Waals surface area (Å²) in [6, 6.07) is 21.1. The fourth-order valence-electron chi connectivity index (χ4n) is 4.83. The standard InChI is InChI=1S/C27H30N2O3/c1-30-24-10-6-5-9-23(24)29-17-15-28(16-18-29)14-13-20-11-12-25(31-2)27-26(20)22-8-4-3-7-21(22)19-32-27/h3-12H,13-19H2,1-2H3. The molecule has 166 valence electrons. The SMILES string of the molecule is COc1ccccc1N1CCN(CCc2ccc(OC)c3c2-c2ccccc2CO3)CC1. The maximum Gasteiger partial charge on any atom is 0.169 e. The zero-order chi connectivity index (χ0) is 21.9. The summed E-state index contributed by atoms with van der Waals surface area (Å²) in [5, 5.41) is 0. The second-order valence-electron chi connectivity index (χ2n) is 8.33. The third-order valence-electron chi connectivity index (χ3n) is 6.58. The fraction of sp³-hybridized carbons (Fsp3) is 0.333. The highest BCUT2D eigenvalue weighted by Crippen LogP contribution is 2.45. The van der Waals surface area contributed by atoms with Crippen LogP contribution in [0.5, 0.6) is 17.2 Å². The number of ether oxygens (including phenoxy) is 3. The zero-order valence-corrected chi connectivity index (χ0v) is 18.8. The molecule has 0 bridgehead atoms. The van der Waals surface area contributed by atoms with Gasteiger partial charge in [0.15, 0.2) is 11.5 Å². The topological polar surface area (TPSA) is 34.2 Å². The molecular weight excluding hydrogens is 400 g/mol. The molecule has 1 fully saturated rings. The highest BCUT2D eigenvalue weighted by Gasteiger charge is 2.25. The van der Waals surface area contributed by atoms with Crippen molar-refractivity contribution in [3.05, 3.63) is 71.8 Å². The van der Waals surface area contributed by atoms with Gasteiger partial charge in [-0.15, -0.1) is 0 Å². The normalized spacial score (nSPS) is 15.5. The number of piperazine rings is 1. The van der Waals surface area contributed by atoms with Crippen LogP contribution in [0.15, 0.2) is 60.7 Å². The number of hydrogen-bond donors (Lipinski definition) is 0. The average molecular weight is 431 g/mol. The minimum atomic E-state index is 0.591. The van der Waals surface area contributed by atoms with Crippen LogP contribution < -0.4 is 19.1 Å². The van der Waals surface area contributed by atoms with Gasteiger partial charge in [0.05, 0.1) is 19.9 Å². The predicted octanol–water partition coefficient (Wildman–Crippen LogP) is 4.63. The predicted molar refractivity (Wildman–Crippen MR) is 128 cm³/mol. The fourth-order valence-corrected chi connectivity index (χ4v) is 4.83. The number of anilines is 1. The Kier molecular flexibility index (Phi) is 5.91. The number of benzene rings is 3. The van der Waals surface area contributed by atoms with E-state index in [9.17, 15) is 0 Å². The molecule has 0 spiro atoms. The van der Waals surface area contributed by atoms with E-state index >= 15 is 0 Å². The summed E-state index contributed by atoms with van der Waals surface area (Å²) in [5.41, 5.74) is 6.20. The molecule has 1 saturated heterocycles. The van der Waals surface area contributed by atoms with Crippen molar-refractivity contribution in [2.24, 2.45) is 0 Å². The van der Waals surface area contributed by atoms with Gasteiger partial charge in [-0.1, -0.05) is 42.5 Å². The Morgan fingerprint density at radius 3 is 2.38 bits per heavy atom. The molecular formula is C27H30N2O3. The lowest BCUT2D eigenvalue weighted by Gasteiger charge is -2.36. The summed E-state index contributed by atoms with van der Waals surface area (Å²) >= 11 is 0. The van der Waals surface area contributed by atoms with E-state index in [2.05, 4.69) is 52.3 Å². The van der Waals surface area contributed by atoms with E-state index in [0.717, 1.165) is 56.4 Å². The molecule has 32 heavy (non-hydrogen) atoms. The van der Waals surface area contributed by atoms with Gasteiger partial charge in [-0.3, -0.25) is 4.90 Å². The van der Waals surface area contributed by atoms with Crippen LogP contribution in [-0.2, 0) is 13.0 Å². The van der Waals surface area contributed by atoms with Gasteiger partial charge in [0.1, 0.15) is 12.4 Å². The third kappa shape index (κ3) is 3.89. The summed E-state index contributed by atoms with van der Waals surface area (Å²) in [5.74, 6) is 2.64. The first-order valence-corrected chi connectivity index (χ1v) is 11.3. The van der Waals surface area contributed by atoms with Crippen molar-refractivity contribution in [2.45, 2.75) is 13.0 Å². The average Bonchev–Trinajstić information content (AvgIpc) is 2.87. The summed E-state index contributed by atoms with van der Waals surface area (Å²) in [6.07, 6.45) is 0.985. The number of fused-ring (bicyclic) bond motifs is 3. The smallest absolute Gasteiger partial charge is 0.169 e. The molecule has 2 heterocycles.